The molecule has 1 heterocycles. The second-order valence-corrected chi connectivity index (χ2v) is 6.10. The van der Waals surface area contributed by atoms with Crippen molar-refractivity contribution in [3.63, 3.8) is 0 Å². The summed E-state index contributed by atoms with van der Waals surface area (Å²) in [5.41, 5.74) is 2.87. The molecule has 3 N–H and O–H groups in total. The van der Waals surface area contributed by atoms with Gasteiger partial charge in [0.15, 0.2) is 5.82 Å². The largest absolute Gasteiger partial charge is 0.338 e. The van der Waals surface area contributed by atoms with Gasteiger partial charge in [-0.05, 0) is 17.9 Å². The second kappa shape index (κ2) is 7.45. The van der Waals surface area contributed by atoms with Crippen LogP contribution in [0, 0.1) is 11.8 Å². The summed E-state index contributed by atoms with van der Waals surface area (Å²) in [4.78, 5) is 18.4. The van der Waals surface area contributed by atoms with Gasteiger partial charge in [0.05, 0.1) is 10.6 Å². The molecule has 6 heteroatoms. The number of amides is 1. The first-order chi connectivity index (χ1) is 9.35. The number of aromatic nitrogens is 1. The smallest absolute Gasteiger partial charge is 0.255 e. The molecule has 1 aromatic heterocycles. The standard InChI is InChI=1S/C14H23ClN4O/c1-9(2)7-19(8-10(3)4)14(20)11-5-12(15)13(18-16)17-6-11/h5-6,9-10H,7-8,16H2,1-4H3,(H,17,18). The van der Waals surface area contributed by atoms with Crippen molar-refractivity contribution in [3.8, 4) is 0 Å². The van der Waals surface area contributed by atoms with Crippen LogP contribution in [0.4, 0.5) is 5.82 Å². The van der Waals surface area contributed by atoms with Crippen molar-refractivity contribution >= 4 is 23.3 Å². The number of hydrazine groups is 1. The van der Waals surface area contributed by atoms with Crippen molar-refractivity contribution in [2.24, 2.45) is 17.7 Å². The SMILES string of the molecule is CC(C)CN(CC(C)C)C(=O)c1cnc(NN)c(Cl)c1. The summed E-state index contributed by atoms with van der Waals surface area (Å²) in [5.74, 6) is 6.41. The molecule has 1 rings (SSSR count). The topological polar surface area (TPSA) is 71.2 Å². The maximum absolute atomic E-state index is 12.5. The van der Waals surface area contributed by atoms with Crippen molar-refractivity contribution in [3.05, 3.63) is 22.8 Å². The normalized spacial score (nSPS) is 11.0. The average Bonchev–Trinajstić information content (AvgIpc) is 2.35. The van der Waals surface area contributed by atoms with Gasteiger partial charge in [0.25, 0.3) is 5.91 Å². The van der Waals surface area contributed by atoms with E-state index in [2.05, 4.69) is 38.1 Å². The quantitative estimate of drug-likeness (QED) is 0.626. The molecule has 0 saturated carbocycles. The molecule has 0 atom stereocenters. The van der Waals surface area contributed by atoms with Crippen LogP contribution < -0.4 is 11.3 Å². The molecular formula is C14H23ClN4O. The van der Waals surface area contributed by atoms with E-state index < -0.39 is 0 Å². The number of nitrogens with zero attached hydrogens (tertiary/aromatic N) is 2. The van der Waals surface area contributed by atoms with Crippen LogP contribution in [0.5, 0.6) is 0 Å². The maximum atomic E-state index is 12.5. The second-order valence-electron chi connectivity index (χ2n) is 5.70. The zero-order chi connectivity index (χ0) is 15.3. The highest BCUT2D eigenvalue weighted by Gasteiger charge is 2.19. The van der Waals surface area contributed by atoms with Crippen LogP contribution >= 0.6 is 11.6 Å². The van der Waals surface area contributed by atoms with Crippen molar-refractivity contribution in [2.75, 3.05) is 18.5 Å². The van der Waals surface area contributed by atoms with E-state index in [9.17, 15) is 4.79 Å². The summed E-state index contributed by atoms with van der Waals surface area (Å²) >= 11 is 6.01. The fourth-order valence-corrected chi connectivity index (χ4v) is 2.19. The Morgan fingerprint density at radius 1 is 1.35 bits per heavy atom. The highest BCUT2D eigenvalue weighted by molar-refractivity contribution is 6.33. The number of nitrogen functional groups attached to an aromatic ring is 1. The van der Waals surface area contributed by atoms with Crippen molar-refractivity contribution in [1.29, 1.82) is 0 Å². The number of hydrogen-bond donors (Lipinski definition) is 2. The van der Waals surface area contributed by atoms with Crippen LogP contribution in [0.3, 0.4) is 0 Å². The number of nitrogens with two attached hydrogens (primary N) is 1. The summed E-state index contributed by atoms with van der Waals surface area (Å²) in [6.07, 6.45) is 1.50. The molecule has 0 aromatic carbocycles. The highest BCUT2D eigenvalue weighted by atomic mass is 35.5. The summed E-state index contributed by atoms with van der Waals surface area (Å²) in [7, 11) is 0. The minimum Gasteiger partial charge on any atom is -0.338 e. The summed E-state index contributed by atoms with van der Waals surface area (Å²) < 4.78 is 0. The lowest BCUT2D eigenvalue weighted by atomic mass is 10.1. The first-order valence-corrected chi connectivity index (χ1v) is 7.14. The van der Waals surface area contributed by atoms with Gasteiger partial charge in [-0.3, -0.25) is 4.79 Å². The molecule has 1 amide bonds. The average molecular weight is 299 g/mol. The van der Waals surface area contributed by atoms with E-state index in [0.717, 1.165) is 0 Å². The van der Waals surface area contributed by atoms with E-state index >= 15 is 0 Å². The van der Waals surface area contributed by atoms with Crippen molar-refractivity contribution < 1.29 is 4.79 Å². The van der Waals surface area contributed by atoms with Crippen LogP contribution in [0.2, 0.25) is 5.02 Å². The Balaban J connectivity index is 2.96. The number of anilines is 1. The lowest BCUT2D eigenvalue weighted by molar-refractivity contribution is 0.0714. The van der Waals surface area contributed by atoms with Gasteiger partial charge in [0, 0.05) is 19.3 Å². The Kier molecular flexibility index (Phi) is 6.23. The van der Waals surface area contributed by atoms with Gasteiger partial charge < -0.3 is 10.3 Å². The number of carbonyl (C=O) groups is 1. The molecule has 0 aliphatic heterocycles. The number of rotatable bonds is 6. The van der Waals surface area contributed by atoms with Crippen molar-refractivity contribution in [1.82, 2.24) is 9.88 Å². The van der Waals surface area contributed by atoms with Gasteiger partial charge in [0.2, 0.25) is 0 Å². The molecule has 112 valence electrons. The highest BCUT2D eigenvalue weighted by Crippen LogP contribution is 2.20. The van der Waals surface area contributed by atoms with Crippen LogP contribution in [0.1, 0.15) is 38.1 Å². The molecule has 20 heavy (non-hydrogen) atoms. The van der Waals surface area contributed by atoms with Gasteiger partial charge in [-0.1, -0.05) is 39.3 Å². The van der Waals surface area contributed by atoms with E-state index in [4.69, 9.17) is 17.4 Å². The van der Waals surface area contributed by atoms with E-state index in [1.54, 1.807) is 6.07 Å². The van der Waals surface area contributed by atoms with Gasteiger partial charge in [-0.15, -0.1) is 0 Å². The van der Waals surface area contributed by atoms with E-state index in [0.29, 0.717) is 41.3 Å². The Hall–Kier alpha value is -1.33. The fraction of sp³-hybridized carbons (Fsp3) is 0.571. The number of carbonyl (C=O) groups excluding carboxylic acids is 1. The zero-order valence-electron chi connectivity index (χ0n) is 12.5. The lowest BCUT2D eigenvalue weighted by Crippen LogP contribution is -2.37. The summed E-state index contributed by atoms with van der Waals surface area (Å²) in [6.45, 7) is 9.79. The van der Waals surface area contributed by atoms with E-state index in [-0.39, 0.29) is 5.91 Å². The van der Waals surface area contributed by atoms with Gasteiger partial charge in [0.1, 0.15) is 0 Å². The molecule has 0 spiro atoms. The van der Waals surface area contributed by atoms with Gasteiger partial charge in [-0.2, -0.15) is 0 Å². The lowest BCUT2D eigenvalue weighted by Gasteiger charge is -2.26. The van der Waals surface area contributed by atoms with Crippen LogP contribution in [0.15, 0.2) is 12.3 Å². The molecule has 0 saturated heterocycles. The van der Waals surface area contributed by atoms with E-state index in [1.807, 2.05) is 4.90 Å². The molecular weight excluding hydrogens is 276 g/mol. The Morgan fingerprint density at radius 3 is 2.30 bits per heavy atom. The number of halogens is 1. The molecule has 0 bridgehead atoms. The monoisotopic (exact) mass is 298 g/mol. The number of nitrogens with one attached hydrogen (secondary N) is 1. The maximum Gasteiger partial charge on any atom is 0.255 e. The number of pyridine rings is 1. The third-order valence-electron chi connectivity index (χ3n) is 2.68. The minimum atomic E-state index is -0.0506. The van der Waals surface area contributed by atoms with Crippen LogP contribution in [0.25, 0.3) is 0 Å². The molecule has 0 unspecified atom stereocenters. The van der Waals surface area contributed by atoms with Crippen LogP contribution in [-0.2, 0) is 0 Å². The molecule has 0 fully saturated rings. The minimum absolute atomic E-state index is 0.0506. The first kappa shape index (κ1) is 16.7. The van der Waals surface area contributed by atoms with Crippen LogP contribution in [-0.4, -0.2) is 28.9 Å². The molecule has 5 nitrogen and oxygen atoms in total. The first-order valence-electron chi connectivity index (χ1n) is 6.76. The Morgan fingerprint density at radius 2 is 1.90 bits per heavy atom. The third-order valence-corrected chi connectivity index (χ3v) is 2.97. The predicted octanol–water partition coefficient (Wildman–Crippen LogP) is 2.77. The van der Waals surface area contributed by atoms with E-state index in [1.165, 1.54) is 6.20 Å². The Labute approximate surface area is 125 Å². The summed E-state index contributed by atoms with van der Waals surface area (Å²) in [5, 5.41) is 0.340. The van der Waals surface area contributed by atoms with Crippen molar-refractivity contribution in [2.45, 2.75) is 27.7 Å². The summed E-state index contributed by atoms with van der Waals surface area (Å²) in [6, 6.07) is 1.60. The fourth-order valence-electron chi connectivity index (χ4n) is 1.97. The molecule has 0 radical (unpaired) electrons. The predicted molar refractivity (Wildman–Crippen MR) is 82.6 cm³/mol. The molecule has 1 aromatic rings. The third kappa shape index (κ3) is 4.65. The Bertz CT molecular complexity index is 452. The molecule has 0 aliphatic rings. The number of hydrogen-bond acceptors (Lipinski definition) is 4. The molecule has 0 aliphatic carbocycles. The van der Waals surface area contributed by atoms with Gasteiger partial charge in [-0.25, -0.2) is 10.8 Å². The zero-order valence-corrected chi connectivity index (χ0v) is 13.2. The van der Waals surface area contributed by atoms with Gasteiger partial charge >= 0.3 is 0 Å².